The van der Waals surface area contributed by atoms with Gasteiger partial charge < -0.3 is 14.6 Å². The third-order valence-electron chi connectivity index (χ3n) is 5.98. The Hall–Kier alpha value is -3.15. The maximum Gasteiger partial charge on any atom is 0.281 e. The Morgan fingerprint density at radius 3 is 2.33 bits per heavy atom. The summed E-state index contributed by atoms with van der Waals surface area (Å²) in [6, 6.07) is 26.4. The molecule has 2 heterocycles. The molecule has 1 N–H and O–H groups in total. The van der Waals surface area contributed by atoms with E-state index in [1.165, 1.54) is 5.56 Å². The fraction of sp³-hybridized carbons (Fsp3) is 0.240. The van der Waals surface area contributed by atoms with Gasteiger partial charge in [-0.15, -0.1) is 0 Å². The first-order valence-electron chi connectivity index (χ1n) is 10.2. The summed E-state index contributed by atoms with van der Waals surface area (Å²) in [5, 5.41) is 11.8. The van der Waals surface area contributed by atoms with Crippen LogP contribution in [0.4, 0.5) is 5.69 Å². The van der Waals surface area contributed by atoms with Crippen molar-refractivity contribution in [3.8, 4) is 16.9 Å². The lowest BCUT2D eigenvalue weighted by atomic mass is 9.98. The Morgan fingerprint density at radius 1 is 0.933 bits per heavy atom. The normalized spacial score (nSPS) is 20.9. The van der Waals surface area contributed by atoms with Crippen LogP contribution in [-0.4, -0.2) is 48.9 Å². The predicted octanol–water partition coefficient (Wildman–Crippen LogP) is 3.47. The Morgan fingerprint density at radius 2 is 1.63 bits per heavy atom. The molecule has 0 radical (unpaired) electrons. The second-order valence-electron chi connectivity index (χ2n) is 7.66. The highest BCUT2D eigenvalue weighted by molar-refractivity contribution is 5.97. The lowest BCUT2D eigenvalue weighted by Gasteiger charge is -2.24. The van der Waals surface area contributed by atoms with Gasteiger partial charge in [-0.25, -0.2) is 9.48 Å². The van der Waals surface area contributed by atoms with Crippen LogP contribution in [0.2, 0.25) is 0 Å². The van der Waals surface area contributed by atoms with Gasteiger partial charge in [-0.3, -0.25) is 0 Å². The third-order valence-corrected chi connectivity index (χ3v) is 5.98. The van der Waals surface area contributed by atoms with E-state index >= 15 is 0 Å². The number of hydrogen-bond donors (Lipinski definition) is 1. The van der Waals surface area contributed by atoms with Crippen LogP contribution in [0, 0.1) is 0 Å². The van der Waals surface area contributed by atoms with Gasteiger partial charge in [0.25, 0.3) is 11.6 Å². The van der Waals surface area contributed by atoms with E-state index in [9.17, 15) is 5.11 Å². The van der Waals surface area contributed by atoms with Crippen LogP contribution >= 0.6 is 0 Å². The molecule has 0 bridgehead atoms. The lowest BCUT2D eigenvalue weighted by Crippen LogP contribution is -2.43. The van der Waals surface area contributed by atoms with Crippen molar-refractivity contribution in [1.82, 2.24) is 0 Å². The molecule has 1 atom stereocenters. The van der Waals surface area contributed by atoms with Crippen LogP contribution < -0.4 is 9.64 Å². The summed E-state index contributed by atoms with van der Waals surface area (Å²) in [6.45, 7) is 2.18. The van der Waals surface area contributed by atoms with Gasteiger partial charge in [0.15, 0.2) is 6.54 Å². The molecule has 3 aromatic carbocycles. The Labute approximate surface area is 176 Å². The number of β-amino-alcohol motifs (C(OH)–C–C–N with tert-alkyl or cyclic N) is 1. The largest absolute Gasteiger partial charge is 0.497 e. The minimum Gasteiger partial charge on any atom is -0.497 e. The van der Waals surface area contributed by atoms with Crippen LogP contribution in [0.15, 0.2) is 78.9 Å². The van der Waals surface area contributed by atoms with Gasteiger partial charge in [0, 0.05) is 5.56 Å². The van der Waals surface area contributed by atoms with Crippen molar-refractivity contribution in [3.05, 3.63) is 84.4 Å². The zero-order valence-electron chi connectivity index (χ0n) is 17.0. The van der Waals surface area contributed by atoms with Gasteiger partial charge in [0.2, 0.25) is 0 Å². The van der Waals surface area contributed by atoms with Gasteiger partial charge in [0.05, 0.1) is 13.7 Å². The second kappa shape index (κ2) is 7.59. The molecule has 0 fully saturated rings. The van der Waals surface area contributed by atoms with Crippen molar-refractivity contribution in [2.75, 3.05) is 38.3 Å². The summed E-state index contributed by atoms with van der Waals surface area (Å²) >= 11 is 0. The number of rotatable bonds is 4. The highest BCUT2D eigenvalue weighted by Gasteiger charge is 2.52. The minimum absolute atomic E-state index is 0.447. The third kappa shape index (κ3) is 3.16. The number of ether oxygens (including phenoxy) is 2. The van der Waals surface area contributed by atoms with E-state index in [2.05, 4.69) is 33.7 Å². The zero-order chi connectivity index (χ0) is 20.6. The maximum absolute atomic E-state index is 11.8. The van der Waals surface area contributed by atoms with Crippen molar-refractivity contribution in [2.45, 2.75) is 5.72 Å². The lowest BCUT2D eigenvalue weighted by molar-refractivity contribution is -0.663. The monoisotopic (exact) mass is 401 g/mol. The molecular formula is C25H25N2O3+. The zero-order valence-corrected chi connectivity index (χ0v) is 17.0. The molecule has 0 saturated heterocycles. The molecule has 2 aliphatic heterocycles. The van der Waals surface area contributed by atoms with Crippen LogP contribution in [0.1, 0.15) is 5.56 Å². The van der Waals surface area contributed by atoms with Gasteiger partial charge >= 0.3 is 0 Å². The van der Waals surface area contributed by atoms with Crippen molar-refractivity contribution < 1.29 is 19.2 Å². The molecule has 0 aromatic heterocycles. The first kappa shape index (κ1) is 18.9. The first-order valence-corrected chi connectivity index (χ1v) is 10.2. The highest BCUT2D eigenvalue weighted by Crippen LogP contribution is 2.35. The smallest absolute Gasteiger partial charge is 0.281 e. The highest BCUT2D eigenvalue weighted by atomic mass is 16.5. The second-order valence-corrected chi connectivity index (χ2v) is 7.66. The summed E-state index contributed by atoms with van der Waals surface area (Å²) in [5.41, 5.74) is 3.10. The van der Waals surface area contributed by atoms with Crippen molar-refractivity contribution in [1.29, 1.82) is 0 Å². The Kier molecular flexibility index (Phi) is 4.77. The Bertz CT molecular complexity index is 1060. The van der Waals surface area contributed by atoms with E-state index in [1.54, 1.807) is 7.11 Å². The van der Waals surface area contributed by atoms with E-state index in [1.807, 2.05) is 54.6 Å². The molecule has 0 saturated carbocycles. The van der Waals surface area contributed by atoms with Crippen LogP contribution in [-0.2, 0) is 10.5 Å². The van der Waals surface area contributed by atoms with Gasteiger partial charge in [0.1, 0.15) is 24.6 Å². The van der Waals surface area contributed by atoms with Crippen LogP contribution in [0.25, 0.3) is 11.1 Å². The van der Waals surface area contributed by atoms with E-state index in [0.717, 1.165) is 28.4 Å². The molecule has 2 aliphatic rings. The molecule has 0 amide bonds. The maximum atomic E-state index is 11.8. The SMILES string of the molecule is COc1ccc(N2CC(O)(c3ccc(-c4ccccc4)cc3)[N+]3=C2COCC3)cc1. The number of benzene rings is 3. The number of anilines is 1. The van der Waals surface area contributed by atoms with Crippen molar-refractivity contribution in [3.63, 3.8) is 0 Å². The molecular weight excluding hydrogens is 376 g/mol. The number of methoxy groups -OCH3 is 1. The minimum atomic E-state index is -1.10. The van der Waals surface area contributed by atoms with E-state index < -0.39 is 5.72 Å². The summed E-state index contributed by atoms with van der Waals surface area (Å²) in [4.78, 5) is 2.14. The van der Waals surface area contributed by atoms with Gasteiger partial charge in [-0.05, 0) is 35.4 Å². The van der Waals surface area contributed by atoms with Crippen molar-refractivity contribution in [2.24, 2.45) is 0 Å². The molecule has 0 spiro atoms. The van der Waals surface area contributed by atoms with Gasteiger partial charge in [-0.2, -0.15) is 0 Å². The Balaban J connectivity index is 1.50. The molecule has 3 aromatic rings. The number of aliphatic hydroxyl groups is 1. The van der Waals surface area contributed by atoms with E-state index in [0.29, 0.717) is 26.3 Å². The standard InChI is InChI=1S/C25H25N2O3/c1-29-23-13-11-22(12-14-23)26-18-25(28,27-15-16-30-17-24(26)27)21-9-7-20(8-10-21)19-5-3-2-4-6-19/h2-14,28H,15-18H2,1H3/q+1. The van der Waals surface area contributed by atoms with Crippen molar-refractivity contribution >= 4 is 11.5 Å². The molecule has 5 heteroatoms. The summed E-state index contributed by atoms with van der Waals surface area (Å²) in [6.07, 6.45) is 0. The van der Waals surface area contributed by atoms with Crippen LogP contribution in [0.5, 0.6) is 5.75 Å². The molecule has 152 valence electrons. The van der Waals surface area contributed by atoms with E-state index in [4.69, 9.17) is 9.47 Å². The summed E-state index contributed by atoms with van der Waals surface area (Å²) < 4.78 is 13.1. The van der Waals surface area contributed by atoms with Gasteiger partial charge in [-0.1, -0.05) is 54.6 Å². The first-order chi connectivity index (χ1) is 14.7. The topological polar surface area (TPSA) is 44.9 Å². The van der Waals surface area contributed by atoms with E-state index in [-0.39, 0.29) is 0 Å². The molecule has 0 aliphatic carbocycles. The quantitative estimate of drug-likeness (QED) is 0.680. The van der Waals surface area contributed by atoms with Crippen LogP contribution in [0.3, 0.4) is 0 Å². The average molecular weight is 401 g/mol. The molecule has 5 rings (SSSR count). The fourth-order valence-electron chi connectivity index (χ4n) is 4.36. The predicted molar refractivity (Wildman–Crippen MR) is 117 cm³/mol. The molecule has 5 nitrogen and oxygen atoms in total. The number of amidine groups is 1. The molecule has 30 heavy (non-hydrogen) atoms. The molecule has 1 unspecified atom stereocenters. The number of hydrogen-bond acceptors (Lipinski definition) is 4. The fourth-order valence-corrected chi connectivity index (χ4v) is 4.36. The summed E-state index contributed by atoms with van der Waals surface area (Å²) in [5.74, 6) is 1.80. The average Bonchev–Trinajstić information content (AvgIpc) is 3.14. The summed E-state index contributed by atoms with van der Waals surface area (Å²) in [7, 11) is 1.66. The number of nitrogens with zero attached hydrogens (tertiary/aromatic N) is 2.